The standard InChI is InChI=1S/C19H33N3O2/c1-4-6-14-24-15-8-12-21-19(20-5-2)22-13-11-17-9-7-10-18(16-17)23-3/h7,9-10,16H,4-6,8,11-15H2,1-3H3,(H2,20,21,22). The maximum atomic E-state index is 5.55. The number of hydrogen-bond acceptors (Lipinski definition) is 3. The molecule has 0 atom stereocenters. The van der Waals surface area contributed by atoms with Gasteiger partial charge in [0.15, 0.2) is 5.96 Å². The molecule has 1 aromatic rings. The Kier molecular flexibility index (Phi) is 11.6. The first-order chi connectivity index (χ1) is 11.8. The molecule has 5 heteroatoms. The van der Waals surface area contributed by atoms with Gasteiger partial charge < -0.3 is 20.1 Å². The van der Waals surface area contributed by atoms with E-state index in [4.69, 9.17) is 9.47 Å². The molecule has 0 amide bonds. The summed E-state index contributed by atoms with van der Waals surface area (Å²) in [7, 11) is 1.69. The average molecular weight is 335 g/mol. The van der Waals surface area contributed by atoms with Gasteiger partial charge in [0.2, 0.25) is 0 Å². The molecular weight excluding hydrogens is 302 g/mol. The van der Waals surface area contributed by atoms with Crippen molar-refractivity contribution < 1.29 is 9.47 Å². The molecular formula is C19H33N3O2. The molecule has 0 unspecified atom stereocenters. The third-order valence-corrected chi connectivity index (χ3v) is 3.54. The van der Waals surface area contributed by atoms with Gasteiger partial charge in [0.05, 0.1) is 7.11 Å². The number of hydrogen-bond donors (Lipinski definition) is 2. The fourth-order valence-corrected chi connectivity index (χ4v) is 2.20. The highest BCUT2D eigenvalue weighted by Crippen LogP contribution is 2.12. The minimum Gasteiger partial charge on any atom is -0.497 e. The second-order valence-corrected chi connectivity index (χ2v) is 5.61. The Balaban J connectivity index is 2.27. The summed E-state index contributed by atoms with van der Waals surface area (Å²) in [5, 5.41) is 6.65. The lowest BCUT2D eigenvalue weighted by molar-refractivity contribution is 0.130. The summed E-state index contributed by atoms with van der Waals surface area (Å²) in [4.78, 5) is 4.59. The molecule has 0 saturated heterocycles. The first kappa shape index (κ1) is 20.3. The first-order valence-electron chi connectivity index (χ1n) is 9.03. The molecule has 5 nitrogen and oxygen atoms in total. The van der Waals surface area contributed by atoms with Crippen LogP contribution in [0.3, 0.4) is 0 Å². The number of nitrogens with one attached hydrogen (secondary N) is 2. The van der Waals surface area contributed by atoms with E-state index < -0.39 is 0 Å². The molecule has 0 spiro atoms. The predicted molar refractivity (Wildman–Crippen MR) is 101 cm³/mol. The van der Waals surface area contributed by atoms with Crippen molar-refractivity contribution in [3.8, 4) is 5.75 Å². The van der Waals surface area contributed by atoms with Crippen LogP contribution in [-0.2, 0) is 11.2 Å². The summed E-state index contributed by atoms with van der Waals surface area (Å²) < 4.78 is 10.8. The van der Waals surface area contributed by atoms with Crippen molar-refractivity contribution in [2.75, 3.05) is 40.0 Å². The fraction of sp³-hybridized carbons (Fsp3) is 0.632. The molecule has 0 aromatic heterocycles. The van der Waals surface area contributed by atoms with E-state index in [0.29, 0.717) is 0 Å². The molecule has 0 bridgehead atoms. The van der Waals surface area contributed by atoms with Crippen LogP contribution >= 0.6 is 0 Å². The van der Waals surface area contributed by atoms with Crippen molar-refractivity contribution in [2.45, 2.75) is 39.5 Å². The number of benzene rings is 1. The maximum Gasteiger partial charge on any atom is 0.191 e. The predicted octanol–water partition coefficient (Wildman–Crippen LogP) is 3.00. The Morgan fingerprint density at radius 2 is 1.96 bits per heavy atom. The number of nitrogens with zero attached hydrogens (tertiary/aromatic N) is 1. The van der Waals surface area contributed by atoms with Gasteiger partial charge in [0.25, 0.3) is 0 Å². The van der Waals surface area contributed by atoms with Crippen LogP contribution in [0.15, 0.2) is 29.3 Å². The molecule has 1 aromatic carbocycles. The first-order valence-corrected chi connectivity index (χ1v) is 9.03. The van der Waals surface area contributed by atoms with Crippen LogP contribution < -0.4 is 15.4 Å². The number of aliphatic imine (C=N–C) groups is 1. The third kappa shape index (κ3) is 9.40. The molecule has 24 heavy (non-hydrogen) atoms. The SMILES string of the molecule is CCCCOCCCN=C(NCC)NCCc1cccc(OC)c1. The molecule has 0 aliphatic carbocycles. The van der Waals surface area contributed by atoms with Crippen molar-refractivity contribution in [3.05, 3.63) is 29.8 Å². The van der Waals surface area contributed by atoms with Crippen LogP contribution in [0.5, 0.6) is 5.75 Å². The quantitative estimate of drug-likeness (QED) is 0.350. The van der Waals surface area contributed by atoms with E-state index in [0.717, 1.165) is 63.8 Å². The van der Waals surface area contributed by atoms with Gasteiger partial charge >= 0.3 is 0 Å². The largest absolute Gasteiger partial charge is 0.497 e. The molecule has 0 aliphatic rings. The van der Waals surface area contributed by atoms with E-state index in [1.54, 1.807) is 7.11 Å². The Morgan fingerprint density at radius 3 is 2.71 bits per heavy atom. The van der Waals surface area contributed by atoms with Crippen LogP contribution in [-0.4, -0.2) is 45.9 Å². The Labute approximate surface area is 146 Å². The van der Waals surface area contributed by atoms with E-state index in [1.165, 1.54) is 12.0 Å². The minimum atomic E-state index is 0.778. The monoisotopic (exact) mass is 335 g/mol. The Morgan fingerprint density at radius 1 is 1.12 bits per heavy atom. The summed E-state index contributed by atoms with van der Waals surface area (Å²) >= 11 is 0. The normalized spacial score (nSPS) is 11.4. The molecule has 136 valence electrons. The van der Waals surface area contributed by atoms with E-state index in [1.807, 2.05) is 12.1 Å². The van der Waals surface area contributed by atoms with Crippen LogP contribution in [0.2, 0.25) is 0 Å². The van der Waals surface area contributed by atoms with Crippen molar-refractivity contribution in [1.82, 2.24) is 10.6 Å². The zero-order valence-electron chi connectivity index (χ0n) is 15.4. The van der Waals surface area contributed by atoms with E-state index in [2.05, 4.69) is 41.6 Å². The number of methoxy groups -OCH3 is 1. The van der Waals surface area contributed by atoms with Crippen molar-refractivity contribution >= 4 is 5.96 Å². The lowest BCUT2D eigenvalue weighted by atomic mass is 10.1. The van der Waals surface area contributed by atoms with Gasteiger partial charge in [0.1, 0.15) is 5.75 Å². The smallest absolute Gasteiger partial charge is 0.191 e. The second-order valence-electron chi connectivity index (χ2n) is 5.61. The number of rotatable bonds is 12. The lowest BCUT2D eigenvalue weighted by Gasteiger charge is -2.11. The molecule has 0 fully saturated rings. The summed E-state index contributed by atoms with van der Waals surface area (Å²) in [6.45, 7) is 8.37. The topological polar surface area (TPSA) is 54.9 Å². The highest BCUT2D eigenvalue weighted by atomic mass is 16.5. The highest BCUT2D eigenvalue weighted by molar-refractivity contribution is 5.79. The molecule has 0 heterocycles. The van der Waals surface area contributed by atoms with Gasteiger partial charge in [-0.25, -0.2) is 0 Å². The lowest BCUT2D eigenvalue weighted by Crippen LogP contribution is -2.38. The summed E-state index contributed by atoms with van der Waals surface area (Å²) in [6.07, 6.45) is 4.20. The van der Waals surface area contributed by atoms with Gasteiger partial charge in [-0.2, -0.15) is 0 Å². The molecule has 0 saturated carbocycles. The van der Waals surface area contributed by atoms with Crippen LogP contribution in [0.4, 0.5) is 0 Å². The third-order valence-electron chi connectivity index (χ3n) is 3.54. The molecule has 1 rings (SSSR count). The fourth-order valence-electron chi connectivity index (χ4n) is 2.20. The molecule has 0 aliphatic heterocycles. The van der Waals surface area contributed by atoms with E-state index >= 15 is 0 Å². The minimum absolute atomic E-state index is 0.778. The number of ether oxygens (including phenoxy) is 2. The van der Waals surface area contributed by atoms with Crippen molar-refractivity contribution in [1.29, 1.82) is 0 Å². The van der Waals surface area contributed by atoms with Crippen LogP contribution in [0.25, 0.3) is 0 Å². The maximum absolute atomic E-state index is 5.55. The van der Waals surface area contributed by atoms with Gasteiger partial charge in [-0.1, -0.05) is 25.5 Å². The zero-order chi connectivity index (χ0) is 17.5. The molecule has 2 N–H and O–H groups in total. The van der Waals surface area contributed by atoms with Gasteiger partial charge in [-0.15, -0.1) is 0 Å². The summed E-state index contributed by atoms with van der Waals surface area (Å²) in [5.74, 6) is 1.77. The van der Waals surface area contributed by atoms with Gasteiger partial charge in [-0.05, 0) is 43.9 Å². The average Bonchev–Trinajstić information content (AvgIpc) is 2.61. The zero-order valence-corrected chi connectivity index (χ0v) is 15.4. The van der Waals surface area contributed by atoms with Gasteiger partial charge in [-0.3, -0.25) is 4.99 Å². The van der Waals surface area contributed by atoms with Crippen molar-refractivity contribution in [3.63, 3.8) is 0 Å². The Hall–Kier alpha value is -1.75. The second kappa shape index (κ2) is 13.7. The summed E-state index contributed by atoms with van der Waals surface area (Å²) in [5.41, 5.74) is 1.25. The van der Waals surface area contributed by atoms with E-state index in [-0.39, 0.29) is 0 Å². The van der Waals surface area contributed by atoms with Crippen LogP contribution in [0.1, 0.15) is 38.7 Å². The Bertz CT molecular complexity index is 464. The highest BCUT2D eigenvalue weighted by Gasteiger charge is 1.99. The van der Waals surface area contributed by atoms with Gasteiger partial charge in [0, 0.05) is 32.8 Å². The number of guanidine groups is 1. The number of unbranched alkanes of at least 4 members (excludes halogenated alkanes) is 1. The summed E-state index contributed by atoms with van der Waals surface area (Å²) in [6, 6.07) is 8.17. The molecule has 0 radical (unpaired) electrons. The van der Waals surface area contributed by atoms with E-state index in [9.17, 15) is 0 Å². The van der Waals surface area contributed by atoms with Crippen LogP contribution in [0, 0.1) is 0 Å². The van der Waals surface area contributed by atoms with Crippen molar-refractivity contribution in [2.24, 2.45) is 4.99 Å².